The van der Waals surface area contributed by atoms with Crippen LogP contribution >= 0.6 is 0 Å². The van der Waals surface area contributed by atoms with Crippen LogP contribution in [0.1, 0.15) is 77.6 Å². The third kappa shape index (κ3) is 17.5. The average molecular weight is 302 g/mol. The SMILES string of the molecule is CCC[SiH2]CCCCCCCCCCCCOC(N)=O. The average Bonchev–Trinajstić information content (AvgIpc) is 2.43. The molecule has 120 valence electrons. The third-order valence-corrected chi connectivity index (χ3v) is 5.95. The Morgan fingerprint density at radius 2 is 1.35 bits per heavy atom. The maximum atomic E-state index is 10.3. The van der Waals surface area contributed by atoms with Crippen LogP contribution in [0.5, 0.6) is 0 Å². The van der Waals surface area contributed by atoms with Crippen molar-refractivity contribution in [2.75, 3.05) is 6.61 Å². The number of rotatable bonds is 15. The van der Waals surface area contributed by atoms with E-state index >= 15 is 0 Å². The summed E-state index contributed by atoms with van der Waals surface area (Å²) in [7, 11) is 0.309. The lowest BCUT2D eigenvalue weighted by Crippen LogP contribution is -2.13. The zero-order chi connectivity index (χ0) is 14.9. The summed E-state index contributed by atoms with van der Waals surface area (Å²) in [5.74, 6) is 0. The van der Waals surface area contributed by atoms with E-state index in [-0.39, 0.29) is 0 Å². The molecule has 0 aliphatic carbocycles. The fourth-order valence-corrected chi connectivity index (χ4v) is 4.03. The number of ether oxygens (including phenoxy) is 1. The lowest BCUT2D eigenvalue weighted by atomic mass is 10.1. The molecule has 0 atom stereocenters. The summed E-state index contributed by atoms with van der Waals surface area (Å²) in [6.45, 7) is 2.79. The Morgan fingerprint density at radius 3 is 1.85 bits per heavy atom. The quantitative estimate of drug-likeness (QED) is 0.360. The zero-order valence-corrected chi connectivity index (χ0v) is 14.9. The number of carbonyl (C=O) groups excluding carboxylic acids is 1. The molecule has 0 aliphatic rings. The molecule has 0 saturated carbocycles. The molecule has 0 aliphatic heterocycles. The largest absolute Gasteiger partial charge is 0.450 e. The fourth-order valence-electron chi connectivity index (χ4n) is 2.47. The van der Waals surface area contributed by atoms with Gasteiger partial charge in [-0.2, -0.15) is 0 Å². The van der Waals surface area contributed by atoms with Crippen LogP contribution in [0.4, 0.5) is 4.79 Å². The zero-order valence-electron chi connectivity index (χ0n) is 13.5. The van der Waals surface area contributed by atoms with E-state index in [1.165, 1.54) is 57.8 Å². The van der Waals surface area contributed by atoms with Crippen LogP contribution < -0.4 is 5.73 Å². The van der Waals surface area contributed by atoms with Crippen molar-refractivity contribution in [2.45, 2.75) is 89.6 Å². The minimum absolute atomic E-state index is 0.309. The van der Waals surface area contributed by atoms with Crippen molar-refractivity contribution in [3.8, 4) is 0 Å². The monoisotopic (exact) mass is 301 g/mol. The molecule has 0 bridgehead atoms. The predicted octanol–water partition coefficient (Wildman–Crippen LogP) is 4.40. The summed E-state index contributed by atoms with van der Waals surface area (Å²) in [5.41, 5.74) is 4.89. The molecule has 2 N–H and O–H groups in total. The van der Waals surface area contributed by atoms with Crippen LogP contribution in [-0.4, -0.2) is 22.2 Å². The standard InChI is InChI=1S/C16H35NO2Si/c1-2-14-20-15-12-10-8-6-4-3-5-7-9-11-13-19-16(17)18/h2-15,20H2,1H3,(H2,17,18). The van der Waals surface area contributed by atoms with Gasteiger partial charge in [-0.1, -0.05) is 83.2 Å². The molecule has 0 aromatic heterocycles. The van der Waals surface area contributed by atoms with Gasteiger partial charge in [-0.3, -0.25) is 0 Å². The highest BCUT2D eigenvalue weighted by atomic mass is 28.2. The van der Waals surface area contributed by atoms with Gasteiger partial charge in [-0.05, 0) is 6.42 Å². The molecule has 0 aromatic rings. The van der Waals surface area contributed by atoms with Crippen molar-refractivity contribution >= 4 is 15.6 Å². The van der Waals surface area contributed by atoms with Crippen LogP contribution in [0.15, 0.2) is 0 Å². The van der Waals surface area contributed by atoms with Gasteiger partial charge < -0.3 is 10.5 Å². The van der Waals surface area contributed by atoms with Gasteiger partial charge in [-0.25, -0.2) is 4.79 Å². The lowest BCUT2D eigenvalue weighted by molar-refractivity contribution is 0.154. The van der Waals surface area contributed by atoms with E-state index in [0.29, 0.717) is 16.1 Å². The van der Waals surface area contributed by atoms with E-state index in [9.17, 15) is 4.79 Å². The summed E-state index contributed by atoms with van der Waals surface area (Å²) in [6, 6.07) is 3.12. The van der Waals surface area contributed by atoms with Gasteiger partial charge in [0.2, 0.25) is 0 Å². The Morgan fingerprint density at radius 1 is 0.850 bits per heavy atom. The van der Waals surface area contributed by atoms with Crippen molar-refractivity contribution < 1.29 is 9.53 Å². The van der Waals surface area contributed by atoms with Gasteiger partial charge in [0.25, 0.3) is 0 Å². The molecule has 0 spiro atoms. The first-order valence-corrected chi connectivity index (χ1v) is 10.7. The molecular formula is C16H35NO2Si. The van der Waals surface area contributed by atoms with E-state index in [2.05, 4.69) is 6.92 Å². The van der Waals surface area contributed by atoms with E-state index in [0.717, 1.165) is 12.8 Å². The highest BCUT2D eigenvalue weighted by Crippen LogP contribution is 2.11. The molecular weight excluding hydrogens is 266 g/mol. The molecule has 0 fully saturated rings. The van der Waals surface area contributed by atoms with Gasteiger partial charge in [0.15, 0.2) is 0 Å². The third-order valence-electron chi connectivity index (χ3n) is 3.74. The Bertz CT molecular complexity index is 213. The van der Waals surface area contributed by atoms with Crippen molar-refractivity contribution in [3.63, 3.8) is 0 Å². The van der Waals surface area contributed by atoms with Crippen molar-refractivity contribution in [1.29, 1.82) is 0 Å². The number of hydrogen-bond donors (Lipinski definition) is 1. The Hall–Kier alpha value is -0.513. The van der Waals surface area contributed by atoms with Gasteiger partial charge >= 0.3 is 6.09 Å². The maximum absolute atomic E-state index is 10.3. The topological polar surface area (TPSA) is 52.3 Å². The minimum atomic E-state index is -0.651. The summed E-state index contributed by atoms with van der Waals surface area (Å²) in [5, 5.41) is 0. The first-order chi connectivity index (χ1) is 9.77. The number of nitrogens with two attached hydrogens (primary N) is 1. The summed E-state index contributed by atoms with van der Waals surface area (Å²) >= 11 is 0. The van der Waals surface area contributed by atoms with E-state index in [1.807, 2.05) is 0 Å². The number of amides is 1. The van der Waals surface area contributed by atoms with Gasteiger partial charge in [0.05, 0.1) is 6.61 Å². The Balaban J connectivity index is 2.94. The predicted molar refractivity (Wildman–Crippen MR) is 90.2 cm³/mol. The van der Waals surface area contributed by atoms with E-state index in [4.69, 9.17) is 10.5 Å². The second kappa shape index (κ2) is 16.5. The fraction of sp³-hybridized carbons (Fsp3) is 0.938. The number of primary amides is 1. The van der Waals surface area contributed by atoms with Crippen molar-refractivity contribution in [3.05, 3.63) is 0 Å². The van der Waals surface area contributed by atoms with Crippen molar-refractivity contribution in [1.82, 2.24) is 0 Å². The molecule has 3 nitrogen and oxygen atoms in total. The molecule has 0 unspecified atom stereocenters. The van der Waals surface area contributed by atoms with Crippen molar-refractivity contribution in [2.24, 2.45) is 5.73 Å². The molecule has 0 radical (unpaired) electrons. The normalized spacial score (nSPS) is 11.2. The van der Waals surface area contributed by atoms with Gasteiger partial charge in [0, 0.05) is 9.52 Å². The van der Waals surface area contributed by atoms with Gasteiger partial charge in [-0.15, -0.1) is 0 Å². The summed E-state index contributed by atoms with van der Waals surface area (Å²) < 4.78 is 4.69. The second-order valence-corrected chi connectivity index (χ2v) is 7.89. The van der Waals surface area contributed by atoms with Gasteiger partial charge in [0.1, 0.15) is 0 Å². The van der Waals surface area contributed by atoms with Crippen LogP contribution in [0.3, 0.4) is 0 Å². The van der Waals surface area contributed by atoms with E-state index < -0.39 is 6.09 Å². The number of hydrogen-bond acceptors (Lipinski definition) is 2. The second-order valence-electron chi connectivity index (χ2n) is 5.76. The molecule has 20 heavy (non-hydrogen) atoms. The Labute approximate surface area is 127 Å². The van der Waals surface area contributed by atoms with Crippen LogP contribution in [0.2, 0.25) is 12.1 Å². The first kappa shape index (κ1) is 19.5. The highest BCUT2D eigenvalue weighted by Gasteiger charge is 1.95. The number of carbonyl (C=O) groups is 1. The Kier molecular flexibility index (Phi) is 16.1. The highest BCUT2D eigenvalue weighted by molar-refractivity contribution is 6.35. The molecule has 4 heteroatoms. The summed E-state index contributed by atoms with van der Waals surface area (Å²) in [6.07, 6.45) is 14.0. The van der Waals surface area contributed by atoms with Crippen LogP contribution in [-0.2, 0) is 4.74 Å². The van der Waals surface area contributed by atoms with E-state index in [1.54, 1.807) is 12.1 Å². The summed E-state index contributed by atoms with van der Waals surface area (Å²) in [4.78, 5) is 10.3. The molecule has 1 amide bonds. The smallest absolute Gasteiger partial charge is 0.404 e. The van der Waals surface area contributed by atoms with Crippen LogP contribution in [0.25, 0.3) is 0 Å². The minimum Gasteiger partial charge on any atom is -0.450 e. The number of unbranched alkanes of at least 4 members (excludes halogenated alkanes) is 9. The maximum Gasteiger partial charge on any atom is 0.404 e. The molecule has 0 rings (SSSR count). The molecule has 0 saturated heterocycles. The van der Waals surface area contributed by atoms with Crippen LogP contribution in [0, 0.1) is 0 Å². The molecule has 0 heterocycles. The first-order valence-electron chi connectivity index (χ1n) is 8.69. The molecule has 0 aromatic carbocycles. The lowest BCUT2D eigenvalue weighted by Gasteiger charge is -2.03.